The lowest BCUT2D eigenvalue weighted by atomic mass is 10.1. The highest BCUT2D eigenvalue weighted by atomic mass is 32.2. The fraction of sp³-hybridized carbons (Fsp3) is 0.583. The number of aromatic nitrogens is 4. The van der Waals surface area contributed by atoms with Crippen LogP contribution in [0.15, 0.2) is 11.5 Å². The second kappa shape index (κ2) is 9.70. The van der Waals surface area contributed by atoms with E-state index < -0.39 is 59.2 Å². The van der Waals surface area contributed by atoms with E-state index in [1.165, 1.54) is 10.9 Å². The number of anilines is 1. The summed E-state index contributed by atoms with van der Waals surface area (Å²) in [4.78, 5) is 38.6. The third kappa shape index (κ3) is 5.49. The van der Waals surface area contributed by atoms with Gasteiger partial charge in [0, 0.05) is 0 Å². The van der Waals surface area contributed by atoms with Crippen LogP contribution < -0.4 is 5.73 Å². The number of imidazole rings is 1. The standard InChI is InChI=1S/C12H17BF2N5O11P3S/c1-35-11-18-8(16)5-9(19-11)20(3-17-5)10-7(22)6(21)4(30-10)2-29-34(13,28)31-33(26,27)12(14,15)32(23,24)25/h3-4,6-7,10,21-22H,2H2,1H3,(H,26,27)(H2,16,18,19)(H2,23,24,25)/q-1/t4-,6-,7-,10-,34?/m1/s1. The van der Waals surface area contributed by atoms with Crippen LogP contribution in [0.4, 0.5) is 14.6 Å². The van der Waals surface area contributed by atoms with Crippen molar-refractivity contribution in [1.29, 1.82) is 0 Å². The maximum Gasteiger partial charge on any atom is 0.444 e. The minimum absolute atomic E-state index is 0.0211. The molecule has 0 aromatic carbocycles. The summed E-state index contributed by atoms with van der Waals surface area (Å²) in [7, 11) is -13.5. The number of nitrogens with two attached hydrogens (primary N) is 1. The molecule has 1 aliphatic rings. The highest BCUT2D eigenvalue weighted by Gasteiger charge is 2.65. The molecule has 3 rings (SSSR count). The average molecular weight is 581 g/mol. The topological polar surface area (TPSA) is 250 Å². The largest absolute Gasteiger partial charge is 0.444 e. The van der Waals surface area contributed by atoms with Crippen LogP contribution in [0, 0.1) is 0 Å². The van der Waals surface area contributed by atoms with E-state index in [4.69, 9.17) is 27.8 Å². The number of hydrogen-bond donors (Lipinski definition) is 6. The summed E-state index contributed by atoms with van der Waals surface area (Å²) in [5, 5.41) is 15.3. The van der Waals surface area contributed by atoms with Gasteiger partial charge in [0.05, 0.1) is 20.4 Å². The SMILES string of the molecule is [B-]P(=O)(OC[C@H]1O[C@@H](n2cnc3c(N)nc(SC)nc32)[C@H](O)[C@@H]1O)OP(=O)(O)C(F)(F)P(=O)(O)O. The van der Waals surface area contributed by atoms with E-state index in [0.29, 0.717) is 0 Å². The van der Waals surface area contributed by atoms with E-state index in [9.17, 15) is 37.6 Å². The maximum absolute atomic E-state index is 13.6. The molecule has 3 heterocycles. The van der Waals surface area contributed by atoms with Gasteiger partial charge >= 0.3 is 20.6 Å². The highest BCUT2D eigenvalue weighted by Crippen LogP contribution is 2.77. The van der Waals surface area contributed by atoms with Crippen LogP contribution in [0.25, 0.3) is 11.2 Å². The van der Waals surface area contributed by atoms with Gasteiger partial charge in [0.2, 0.25) is 0 Å². The lowest BCUT2D eigenvalue weighted by Gasteiger charge is -2.32. The first-order chi connectivity index (χ1) is 15.9. The number of alkyl halides is 2. The van der Waals surface area contributed by atoms with Gasteiger partial charge in [-0.25, -0.2) is 15.0 Å². The quantitative estimate of drug-likeness (QED) is 0.0985. The van der Waals surface area contributed by atoms with E-state index >= 15 is 0 Å². The minimum Gasteiger partial charge on any atom is -0.443 e. The Labute approximate surface area is 199 Å². The molecular formula is C12H17BF2N5O11P3S-. The molecule has 6 atom stereocenters. The lowest BCUT2D eigenvalue weighted by Crippen LogP contribution is -2.33. The molecule has 35 heavy (non-hydrogen) atoms. The molecule has 1 fully saturated rings. The summed E-state index contributed by atoms with van der Waals surface area (Å²) in [6.07, 6.45) is -3.49. The van der Waals surface area contributed by atoms with Crippen molar-refractivity contribution in [2.75, 3.05) is 18.6 Å². The number of hydrogen-bond acceptors (Lipinski definition) is 13. The summed E-state index contributed by atoms with van der Waals surface area (Å²) in [6, 6.07) is 0. The second-order valence-electron chi connectivity index (χ2n) is 6.96. The molecular weight excluding hydrogens is 564 g/mol. The monoisotopic (exact) mass is 581 g/mol. The number of ether oxygens (including phenoxy) is 1. The van der Waals surface area contributed by atoms with Crippen LogP contribution in [0.5, 0.6) is 0 Å². The molecule has 0 aliphatic carbocycles. The third-order valence-corrected chi connectivity index (χ3v) is 10.3. The van der Waals surface area contributed by atoms with Crippen molar-refractivity contribution in [2.45, 2.75) is 35.1 Å². The highest BCUT2D eigenvalue weighted by molar-refractivity contribution is 7.98. The van der Waals surface area contributed by atoms with Gasteiger partial charge < -0.3 is 52.0 Å². The number of nitrogens with zero attached hydrogens (tertiary/aromatic N) is 4. The first kappa shape index (κ1) is 28.6. The Kier molecular flexibility index (Phi) is 7.92. The molecule has 0 bridgehead atoms. The van der Waals surface area contributed by atoms with Crippen LogP contribution >= 0.6 is 34.4 Å². The second-order valence-corrected chi connectivity index (χ2v) is 13.3. The molecule has 0 saturated carbocycles. The van der Waals surface area contributed by atoms with E-state index in [2.05, 4.69) is 23.8 Å². The van der Waals surface area contributed by atoms with Crippen LogP contribution in [0.3, 0.4) is 0 Å². The molecule has 3 radical (unpaired) electrons. The zero-order chi connectivity index (χ0) is 26.6. The van der Waals surface area contributed by atoms with Crippen LogP contribution in [-0.4, -0.2) is 88.6 Å². The third-order valence-electron chi connectivity index (χ3n) is 4.56. The molecule has 0 amide bonds. The van der Waals surface area contributed by atoms with Crippen molar-refractivity contribution in [1.82, 2.24) is 19.5 Å². The van der Waals surface area contributed by atoms with Gasteiger partial charge in [0.1, 0.15) is 23.8 Å². The Morgan fingerprint density at radius 1 is 1.26 bits per heavy atom. The zero-order valence-electron chi connectivity index (χ0n) is 17.2. The Hall–Kier alpha value is -1.01. The summed E-state index contributed by atoms with van der Waals surface area (Å²) >= 11 is 1.15. The summed E-state index contributed by atoms with van der Waals surface area (Å²) < 4.78 is 76.4. The molecule has 0 spiro atoms. The number of aliphatic hydroxyl groups is 2. The molecule has 16 nitrogen and oxygen atoms in total. The fourth-order valence-corrected chi connectivity index (χ4v) is 7.04. The predicted octanol–water partition coefficient (Wildman–Crippen LogP) is -0.0272. The van der Waals surface area contributed by atoms with E-state index in [1.807, 2.05) is 0 Å². The number of thioether (sulfide) groups is 1. The zero-order valence-corrected chi connectivity index (χ0v) is 20.7. The molecule has 2 aromatic rings. The number of aliphatic hydroxyl groups excluding tert-OH is 2. The number of rotatable bonds is 9. The Bertz CT molecular complexity index is 1270. The molecule has 1 aliphatic heterocycles. The Balaban J connectivity index is 1.76. The Morgan fingerprint density at radius 2 is 1.89 bits per heavy atom. The average Bonchev–Trinajstić information content (AvgIpc) is 3.26. The van der Waals surface area contributed by atoms with Crippen molar-refractivity contribution in [3.8, 4) is 0 Å². The number of halogens is 2. The van der Waals surface area contributed by atoms with Crippen molar-refractivity contribution >= 4 is 59.0 Å². The normalized spacial score (nSPS) is 27.1. The van der Waals surface area contributed by atoms with E-state index in [0.717, 1.165) is 11.8 Å². The van der Waals surface area contributed by atoms with Crippen molar-refractivity contribution in [2.24, 2.45) is 0 Å². The van der Waals surface area contributed by atoms with Crippen molar-refractivity contribution in [3.63, 3.8) is 0 Å². The van der Waals surface area contributed by atoms with Gasteiger partial charge in [-0.3, -0.25) is 18.0 Å². The summed E-state index contributed by atoms with van der Waals surface area (Å²) in [5.74, 6) is 0.0211. The minimum atomic E-state index is -6.62. The van der Waals surface area contributed by atoms with Gasteiger partial charge in [0.25, 0.3) is 0 Å². The smallest absolute Gasteiger partial charge is 0.443 e. The summed E-state index contributed by atoms with van der Waals surface area (Å²) in [5.41, 5.74) is 6.09. The van der Waals surface area contributed by atoms with E-state index in [1.54, 1.807) is 6.26 Å². The van der Waals surface area contributed by atoms with Crippen LogP contribution in [-0.2, 0) is 27.3 Å². The first-order valence-electron chi connectivity index (χ1n) is 8.98. The molecule has 2 unspecified atom stereocenters. The lowest BCUT2D eigenvalue weighted by molar-refractivity contribution is -0.0479. The number of fused-ring (bicyclic) bond motifs is 1. The Morgan fingerprint density at radius 3 is 2.46 bits per heavy atom. The molecule has 23 heteroatoms. The molecule has 1 saturated heterocycles. The van der Waals surface area contributed by atoms with E-state index in [-0.39, 0.29) is 22.1 Å². The molecule has 7 N–H and O–H groups in total. The van der Waals surface area contributed by atoms with Gasteiger partial charge in [0.15, 0.2) is 22.8 Å². The van der Waals surface area contributed by atoms with Gasteiger partial charge in [-0.15, -0.1) is 0 Å². The van der Waals surface area contributed by atoms with Crippen molar-refractivity contribution in [3.05, 3.63) is 6.33 Å². The maximum atomic E-state index is 13.6. The van der Waals surface area contributed by atoms with Gasteiger partial charge in [-0.05, 0) is 6.26 Å². The molecule has 195 valence electrons. The van der Waals surface area contributed by atoms with Crippen molar-refractivity contribution < 1.29 is 60.9 Å². The van der Waals surface area contributed by atoms with Crippen LogP contribution in [0.1, 0.15) is 6.23 Å². The number of nitrogen functional groups attached to an aromatic ring is 1. The van der Waals surface area contributed by atoms with Crippen LogP contribution in [0.2, 0.25) is 0 Å². The van der Waals surface area contributed by atoms with Gasteiger partial charge in [-0.2, -0.15) is 8.78 Å². The molecule has 2 aromatic heterocycles. The fourth-order valence-electron chi connectivity index (χ4n) is 2.86. The predicted molar refractivity (Wildman–Crippen MR) is 115 cm³/mol. The summed E-state index contributed by atoms with van der Waals surface area (Å²) in [6.45, 7) is -1.04. The van der Waals surface area contributed by atoms with Gasteiger partial charge in [-0.1, -0.05) is 11.8 Å². The first-order valence-corrected chi connectivity index (χ1v) is 15.0.